The standard InChI is InChI=1S/C13H14F2N2O.C10H12BrN/c1-9-7-12(13(14)15)17(16-9)8-10-3-5-11(18-2)6-4-10;1-7(2)6-8-9(11)4-3-5-10(8)12/h3-7,13H,8H2,1-2H3;3-7,12H,1-2H3/b;8-6-,12-10?. The fourth-order valence-electron chi connectivity index (χ4n) is 2.81. The van der Waals surface area contributed by atoms with E-state index < -0.39 is 6.43 Å². The fourth-order valence-corrected chi connectivity index (χ4v) is 3.31. The maximum absolute atomic E-state index is 12.8. The number of rotatable bonds is 5. The largest absolute Gasteiger partial charge is 0.497 e. The molecule has 0 saturated heterocycles. The molecular weight excluding hydrogens is 452 g/mol. The highest BCUT2D eigenvalue weighted by Crippen LogP contribution is 2.24. The van der Waals surface area contributed by atoms with Crippen molar-refractivity contribution in [2.45, 2.75) is 33.7 Å². The molecule has 0 aliphatic heterocycles. The minimum Gasteiger partial charge on any atom is -0.497 e. The van der Waals surface area contributed by atoms with Gasteiger partial charge in [0.15, 0.2) is 0 Å². The van der Waals surface area contributed by atoms with Gasteiger partial charge in [0.2, 0.25) is 0 Å². The number of aryl methyl sites for hydroxylation is 1. The zero-order valence-corrected chi connectivity index (χ0v) is 19.1. The van der Waals surface area contributed by atoms with Crippen LogP contribution in [0.1, 0.15) is 37.2 Å². The van der Waals surface area contributed by atoms with Crippen molar-refractivity contribution >= 4 is 21.6 Å². The van der Waals surface area contributed by atoms with E-state index >= 15 is 0 Å². The average molecular weight is 478 g/mol. The minimum atomic E-state index is -2.51. The lowest BCUT2D eigenvalue weighted by molar-refractivity contribution is 0.139. The molecule has 0 amide bonds. The summed E-state index contributed by atoms with van der Waals surface area (Å²) < 4.78 is 32.9. The third-order valence-electron chi connectivity index (χ3n) is 4.20. The number of nitrogens with zero attached hydrogens (tertiary/aromatic N) is 2. The number of hydrogen-bond donors (Lipinski definition) is 1. The first-order chi connectivity index (χ1) is 14.2. The monoisotopic (exact) mass is 477 g/mol. The molecule has 0 saturated carbocycles. The van der Waals surface area contributed by atoms with Crippen molar-refractivity contribution in [1.82, 2.24) is 9.78 Å². The SMILES string of the molecule is CC(C)/C=C1\C(=N)C=CC=C1Br.COc1ccc(Cn2nc(C)cc2C(F)F)cc1. The third kappa shape index (κ3) is 6.76. The summed E-state index contributed by atoms with van der Waals surface area (Å²) in [5.74, 6) is 1.22. The van der Waals surface area contributed by atoms with E-state index in [2.05, 4.69) is 41.0 Å². The first kappa shape index (κ1) is 23.7. The molecule has 0 bridgehead atoms. The van der Waals surface area contributed by atoms with Crippen molar-refractivity contribution in [2.24, 2.45) is 5.92 Å². The summed E-state index contributed by atoms with van der Waals surface area (Å²) in [5, 5.41) is 11.7. The molecule has 1 heterocycles. The molecule has 0 unspecified atom stereocenters. The molecule has 160 valence electrons. The molecule has 0 spiro atoms. The summed E-state index contributed by atoms with van der Waals surface area (Å²) in [5.41, 5.74) is 3.02. The second kappa shape index (κ2) is 11.0. The van der Waals surface area contributed by atoms with Gasteiger partial charge in [-0.25, -0.2) is 8.78 Å². The zero-order chi connectivity index (χ0) is 22.3. The Kier molecular flexibility index (Phi) is 8.72. The van der Waals surface area contributed by atoms with Crippen molar-refractivity contribution in [3.8, 4) is 5.75 Å². The van der Waals surface area contributed by atoms with Gasteiger partial charge in [0.05, 0.1) is 25.1 Å². The number of hydrogen-bond acceptors (Lipinski definition) is 3. The van der Waals surface area contributed by atoms with Gasteiger partial charge < -0.3 is 10.1 Å². The summed E-state index contributed by atoms with van der Waals surface area (Å²) in [6.07, 6.45) is 5.23. The van der Waals surface area contributed by atoms with Gasteiger partial charge in [-0.2, -0.15) is 5.10 Å². The summed E-state index contributed by atoms with van der Waals surface area (Å²) in [7, 11) is 1.58. The van der Waals surface area contributed by atoms with E-state index in [1.165, 1.54) is 10.7 Å². The fraction of sp³-hybridized carbons (Fsp3) is 0.304. The number of allylic oxidation sites excluding steroid dienone is 6. The number of benzene rings is 1. The molecule has 0 radical (unpaired) electrons. The Morgan fingerprint density at radius 1 is 1.23 bits per heavy atom. The van der Waals surface area contributed by atoms with Crippen LogP contribution in [0.4, 0.5) is 8.78 Å². The van der Waals surface area contributed by atoms with Crippen LogP contribution in [0, 0.1) is 18.3 Å². The Labute approximate surface area is 184 Å². The smallest absolute Gasteiger partial charge is 0.280 e. The van der Waals surface area contributed by atoms with Crippen LogP contribution in [0.5, 0.6) is 5.75 Å². The van der Waals surface area contributed by atoms with Crippen LogP contribution < -0.4 is 4.74 Å². The highest BCUT2D eigenvalue weighted by atomic mass is 79.9. The Morgan fingerprint density at radius 3 is 2.43 bits per heavy atom. The van der Waals surface area contributed by atoms with Gasteiger partial charge in [-0.15, -0.1) is 0 Å². The molecule has 1 aliphatic rings. The van der Waals surface area contributed by atoms with Crippen molar-refractivity contribution in [2.75, 3.05) is 7.11 Å². The second-order valence-electron chi connectivity index (χ2n) is 7.13. The van der Waals surface area contributed by atoms with E-state index in [-0.39, 0.29) is 5.69 Å². The summed E-state index contributed by atoms with van der Waals surface area (Å²) >= 11 is 3.42. The van der Waals surface area contributed by atoms with Gasteiger partial charge in [0, 0.05) is 10.1 Å². The molecule has 30 heavy (non-hydrogen) atoms. The van der Waals surface area contributed by atoms with E-state index in [0.717, 1.165) is 21.4 Å². The Bertz CT molecular complexity index is 957. The lowest BCUT2D eigenvalue weighted by Gasteiger charge is -2.09. The number of aromatic nitrogens is 2. The molecule has 0 atom stereocenters. The van der Waals surface area contributed by atoms with Crippen molar-refractivity contribution in [1.29, 1.82) is 5.41 Å². The van der Waals surface area contributed by atoms with Gasteiger partial charge in [0.1, 0.15) is 11.4 Å². The quantitative estimate of drug-likeness (QED) is 0.525. The number of nitrogens with one attached hydrogen (secondary N) is 1. The van der Waals surface area contributed by atoms with Gasteiger partial charge in [-0.05, 0) is 48.8 Å². The van der Waals surface area contributed by atoms with Crippen molar-refractivity contribution in [3.63, 3.8) is 0 Å². The molecule has 1 N–H and O–H groups in total. The first-order valence-corrected chi connectivity index (χ1v) is 10.3. The molecule has 3 rings (SSSR count). The minimum absolute atomic E-state index is 0.0525. The van der Waals surface area contributed by atoms with E-state index in [1.807, 2.05) is 24.3 Å². The van der Waals surface area contributed by atoms with Gasteiger partial charge in [0.25, 0.3) is 6.43 Å². The predicted octanol–water partition coefficient (Wildman–Crippen LogP) is 6.62. The number of alkyl halides is 2. The molecule has 4 nitrogen and oxygen atoms in total. The Hall–Kier alpha value is -2.54. The van der Waals surface area contributed by atoms with Crippen LogP contribution in [0.25, 0.3) is 0 Å². The van der Waals surface area contributed by atoms with Crippen LogP contribution in [-0.2, 0) is 6.54 Å². The Morgan fingerprint density at radius 2 is 1.90 bits per heavy atom. The normalized spacial score (nSPS) is 14.8. The van der Waals surface area contributed by atoms with E-state index in [9.17, 15) is 8.78 Å². The molecule has 1 aliphatic carbocycles. The van der Waals surface area contributed by atoms with Crippen LogP contribution in [-0.4, -0.2) is 22.6 Å². The van der Waals surface area contributed by atoms with Gasteiger partial charge >= 0.3 is 0 Å². The summed E-state index contributed by atoms with van der Waals surface area (Å²) in [6.45, 7) is 6.26. The molecular formula is C23H26BrF2N3O. The van der Waals surface area contributed by atoms with Crippen molar-refractivity contribution in [3.05, 3.63) is 81.6 Å². The number of halogens is 3. The third-order valence-corrected chi connectivity index (χ3v) is 4.89. The van der Waals surface area contributed by atoms with Crippen LogP contribution in [0.15, 0.2) is 64.7 Å². The van der Waals surface area contributed by atoms with Crippen LogP contribution >= 0.6 is 15.9 Å². The number of ether oxygens (including phenoxy) is 1. The maximum Gasteiger partial charge on any atom is 0.280 e. The highest BCUT2D eigenvalue weighted by Gasteiger charge is 2.15. The summed E-state index contributed by atoms with van der Waals surface area (Å²) in [4.78, 5) is 0. The molecule has 0 fully saturated rings. The average Bonchev–Trinajstić information content (AvgIpc) is 3.06. The molecule has 1 aromatic heterocycles. The van der Waals surface area contributed by atoms with E-state index in [4.69, 9.17) is 10.1 Å². The van der Waals surface area contributed by atoms with E-state index in [0.29, 0.717) is 23.9 Å². The second-order valence-corrected chi connectivity index (χ2v) is 7.98. The van der Waals surface area contributed by atoms with Crippen LogP contribution in [0.2, 0.25) is 0 Å². The topological polar surface area (TPSA) is 50.9 Å². The maximum atomic E-state index is 12.8. The molecule has 1 aromatic carbocycles. The predicted molar refractivity (Wildman–Crippen MR) is 121 cm³/mol. The molecule has 7 heteroatoms. The Balaban J connectivity index is 0.000000232. The summed E-state index contributed by atoms with van der Waals surface area (Å²) in [6, 6.07) is 8.69. The molecule has 2 aromatic rings. The van der Waals surface area contributed by atoms with Gasteiger partial charge in [-0.3, -0.25) is 4.68 Å². The van der Waals surface area contributed by atoms with E-state index in [1.54, 1.807) is 32.2 Å². The van der Waals surface area contributed by atoms with Crippen LogP contribution in [0.3, 0.4) is 0 Å². The van der Waals surface area contributed by atoms with Crippen molar-refractivity contribution < 1.29 is 13.5 Å². The first-order valence-electron chi connectivity index (χ1n) is 9.51. The lowest BCUT2D eigenvalue weighted by Crippen LogP contribution is -2.06. The highest BCUT2D eigenvalue weighted by molar-refractivity contribution is 9.12. The lowest BCUT2D eigenvalue weighted by atomic mass is 10.0. The van der Waals surface area contributed by atoms with Gasteiger partial charge in [-0.1, -0.05) is 54.1 Å². The number of methoxy groups -OCH3 is 1. The zero-order valence-electron chi connectivity index (χ0n) is 17.5.